The average Bonchev–Trinajstić information content (AvgIpc) is 3.07. The summed E-state index contributed by atoms with van der Waals surface area (Å²) in [6, 6.07) is 9.50. The van der Waals surface area contributed by atoms with Crippen LogP contribution in [0.3, 0.4) is 0 Å². The summed E-state index contributed by atoms with van der Waals surface area (Å²) in [6.07, 6.45) is 8.07. The lowest BCUT2D eigenvalue weighted by Crippen LogP contribution is -2.50. The Labute approximate surface area is 286 Å². The molecule has 0 aromatic heterocycles. The average molecular weight is 670 g/mol. The highest BCUT2D eigenvalue weighted by Gasteiger charge is 2.39. The Balaban J connectivity index is 1.81. The molecule has 3 unspecified atom stereocenters. The van der Waals surface area contributed by atoms with E-state index in [2.05, 4.69) is 0 Å². The number of nitrogens with zero attached hydrogens (tertiary/aromatic N) is 1. The van der Waals surface area contributed by atoms with Crippen LogP contribution in [0.4, 0.5) is 0 Å². The van der Waals surface area contributed by atoms with E-state index in [1.165, 1.54) is 6.26 Å². The zero-order chi connectivity index (χ0) is 35.1. The third-order valence-corrected chi connectivity index (χ3v) is 9.11. The largest absolute Gasteiger partial charge is 0.470 e. The number of rotatable bonds is 12. The van der Waals surface area contributed by atoms with Crippen LogP contribution in [0.5, 0.6) is 0 Å². The Morgan fingerprint density at radius 1 is 1.08 bits per heavy atom. The lowest BCUT2D eigenvalue weighted by Gasteiger charge is -2.39. The third-order valence-electron chi connectivity index (χ3n) is 9.11. The summed E-state index contributed by atoms with van der Waals surface area (Å²) >= 11 is 0. The summed E-state index contributed by atoms with van der Waals surface area (Å²) in [7, 11) is 3.71. The highest BCUT2D eigenvalue weighted by molar-refractivity contribution is 5.91. The molecule has 0 aliphatic carbocycles. The normalized spacial score (nSPS) is 32.6. The molecule has 266 valence electrons. The lowest BCUT2D eigenvalue weighted by molar-refractivity contribution is -0.227. The van der Waals surface area contributed by atoms with Gasteiger partial charge in [0.05, 0.1) is 31.6 Å². The number of aliphatic hydroxyl groups is 1. The molecular formula is C38H55NO9. The van der Waals surface area contributed by atoms with Crippen molar-refractivity contribution < 1.29 is 43.2 Å². The maximum Gasteiger partial charge on any atom is 0.306 e. The van der Waals surface area contributed by atoms with Gasteiger partial charge >= 0.3 is 5.97 Å². The van der Waals surface area contributed by atoms with Crippen LogP contribution in [0.1, 0.15) is 65.4 Å². The minimum Gasteiger partial charge on any atom is -0.470 e. The van der Waals surface area contributed by atoms with E-state index in [0.29, 0.717) is 25.9 Å². The standard InChI is InChI=1S/C38H55NO9/c1-7-34-31(24-45-25-44-23-29-11-9-8-10-12-29)21-26(2)13-15-33(41)28(4)22-30(17-19-40)37(27(3)14-16-35(42)47-34)48-38-36(43)32(39(5)6)18-20-46-38/h8-13,15,18-21,27-28,30-32,34,36-38,43H,7,14,16-17,22-25H2,1-6H3/b15-13+,26-21+/t27-,28+,30-,31+,32?,34+,36?,37+,38?/m0/s1. The molecule has 0 fully saturated rings. The van der Waals surface area contributed by atoms with E-state index >= 15 is 0 Å². The quantitative estimate of drug-likeness (QED) is 0.134. The number of carbonyl (C=O) groups excluding carboxylic acids is 3. The molecule has 48 heavy (non-hydrogen) atoms. The van der Waals surface area contributed by atoms with Crippen molar-refractivity contribution in [3.8, 4) is 0 Å². The molecule has 2 aliphatic heterocycles. The first-order chi connectivity index (χ1) is 23.0. The number of ketones is 1. The number of cyclic esters (lactones) is 1. The SMILES string of the molecule is CC[C@H]1OC(=O)CC[C@H](C)[C@@H](OC2OC=CC(N(C)C)C2O)[C@@H](CC=O)C[C@@H](C)C(=O)/C=C/C(C)=C/[C@@H]1COCOCc1ccccc1. The summed E-state index contributed by atoms with van der Waals surface area (Å²) in [6.45, 7) is 8.43. The number of aldehydes is 1. The number of esters is 1. The predicted octanol–water partition coefficient (Wildman–Crippen LogP) is 5.39. The molecule has 0 radical (unpaired) electrons. The fraction of sp³-hybridized carbons (Fsp3) is 0.605. The van der Waals surface area contributed by atoms with E-state index in [-0.39, 0.29) is 61.8 Å². The Morgan fingerprint density at radius 2 is 1.83 bits per heavy atom. The van der Waals surface area contributed by atoms with Crippen LogP contribution in [0.15, 0.2) is 66.5 Å². The van der Waals surface area contributed by atoms with Gasteiger partial charge in [-0.3, -0.25) is 9.59 Å². The van der Waals surface area contributed by atoms with Gasteiger partial charge in [-0.25, -0.2) is 0 Å². The van der Waals surface area contributed by atoms with Gasteiger partial charge in [0.2, 0.25) is 6.29 Å². The van der Waals surface area contributed by atoms with E-state index in [1.807, 2.05) is 83.1 Å². The molecule has 0 saturated carbocycles. The molecule has 0 bridgehead atoms. The Hall–Kier alpha value is -3.15. The number of hydrogen-bond acceptors (Lipinski definition) is 10. The lowest BCUT2D eigenvalue weighted by atomic mass is 9.80. The number of ether oxygens (including phenoxy) is 5. The summed E-state index contributed by atoms with van der Waals surface area (Å²) in [5, 5.41) is 11.1. The summed E-state index contributed by atoms with van der Waals surface area (Å²) in [5.74, 6) is -1.65. The molecule has 0 amide bonds. The van der Waals surface area contributed by atoms with Crippen LogP contribution in [0, 0.1) is 23.7 Å². The zero-order valence-electron chi connectivity index (χ0n) is 29.4. The van der Waals surface area contributed by atoms with Crippen LogP contribution in [-0.2, 0) is 44.7 Å². The minimum absolute atomic E-state index is 0.0673. The molecule has 10 nitrogen and oxygen atoms in total. The number of hydrogen-bond donors (Lipinski definition) is 1. The Bertz CT molecular complexity index is 1230. The van der Waals surface area contributed by atoms with Crippen molar-refractivity contribution in [3.05, 3.63) is 72.0 Å². The molecule has 3 rings (SSSR count). The number of aliphatic hydroxyl groups excluding tert-OH is 1. The van der Waals surface area contributed by atoms with Gasteiger partial charge in [-0.2, -0.15) is 0 Å². The monoisotopic (exact) mass is 669 g/mol. The summed E-state index contributed by atoms with van der Waals surface area (Å²) < 4.78 is 29.8. The first kappa shape index (κ1) is 39.3. The first-order valence-electron chi connectivity index (χ1n) is 17.1. The van der Waals surface area contributed by atoms with Crippen LogP contribution in [-0.4, -0.2) is 86.2 Å². The summed E-state index contributed by atoms with van der Waals surface area (Å²) in [5.41, 5.74) is 1.88. The second-order valence-corrected chi connectivity index (χ2v) is 13.3. The van der Waals surface area contributed by atoms with Gasteiger partial charge in [-0.05, 0) is 69.8 Å². The Morgan fingerprint density at radius 3 is 2.52 bits per heavy atom. The van der Waals surface area contributed by atoms with E-state index < -0.39 is 30.5 Å². The fourth-order valence-corrected chi connectivity index (χ4v) is 6.29. The van der Waals surface area contributed by atoms with E-state index in [0.717, 1.165) is 17.4 Å². The van der Waals surface area contributed by atoms with Gasteiger partial charge < -0.3 is 38.5 Å². The second-order valence-electron chi connectivity index (χ2n) is 13.3. The number of carbonyl (C=O) groups is 3. The number of likely N-dealkylation sites (N-methyl/N-ethyl adjacent to an activating group) is 1. The third kappa shape index (κ3) is 12.4. The van der Waals surface area contributed by atoms with Crippen LogP contribution in [0.2, 0.25) is 0 Å². The second kappa shape index (κ2) is 20.4. The van der Waals surface area contributed by atoms with E-state index in [4.69, 9.17) is 23.7 Å². The molecule has 1 aromatic rings. The van der Waals surface area contributed by atoms with Crippen molar-refractivity contribution in [2.24, 2.45) is 23.7 Å². The molecule has 0 saturated heterocycles. The molecule has 0 spiro atoms. The maximum absolute atomic E-state index is 13.3. The van der Waals surface area contributed by atoms with Crippen molar-refractivity contribution >= 4 is 18.0 Å². The Kier molecular flexibility index (Phi) is 16.7. The highest BCUT2D eigenvalue weighted by Crippen LogP contribution is 2.32. The van der Waals surface area contributed by atoms with Crippen molar-refractivity contribution in [3.63, 3.8) is 0 Å². The zero-order valence-corrected chi connectivity index (χ0v) is 29.4. The minimum atomic E-state index is -0.984. The maximum atomic E-state index is 13.3. The van der Waals surface area contributed by atoms with Crippen molar-refractivity contribution in [2.45, 2.75) is 97.0 Å². The molecule has 10 heteroatoms. The smallest absolute Gasteiger partial charge is 0.306 e. The van der Waals surface area contributed by atoms with Gasteiger partial charge in [0.15, 0.2) is 5.78 Å². The summed E-state index contributed by atoms with van der Waals surface area (Å²) in [4.78, 5) is 40.4. The molecular weight excluding hydrogens is 614 g/mol. The number of allylic oxidation sites excluding steroid dienone is 3. The van der Waals surface area contributed by atoms with Crippen molar-refractivity contribution in [2.75, 3.05) is 27.5 Å². The topological polar surface area (TPSA) is 121 Å². The predicted molar refractivity (Wildman–Crippen MR) is 182 cm³/mol. The molecule has 2 heterocycles. The highest BCUT2D eigenvalue weighted by atomic mass is 16.7. The van der Waals surface area contributed by atoms with Gasteiger partial charge in [0.1, 0.15) is 25.3 Å². The van der Waals surface area contributed by atoms with Crippen LogP contribution < -0.4 is 0 Å². The van der Waals surface area contributed by atoms with Crippen LogP contribution in [0.25, 0.3) is 0 Å². The van der Waals surface area contributed by atoms with Gasteiger partial charge in [0, 0.05) is 24.7 Å². The van der Waals surface area contributed by atoms with Gasteiger partial charge in [0.25, 0.3) is 0 Å². The molecule has 9 atom stereocenters. The molecule has 2 aliphatic rings. The van der Waals surface area contributed by atoms with Gasteiger partial charge in [-0.1, -0.05) is 68.8 Å². The van der Waals surface area contributed by atoms with Crippen LogP contribution >= 0.6 is 0 Å². The van der Waals surface area contributed by atoms with Gasteiger partial charge in [-0.15, -0.1) is 0 Å². The van der Waals surface area contributed by atoms with E-state index in [9.17, 15) is 19.5 Å². The van der Waals surface area contributed by atoms with E-state index in [1.54, 1.807) is 18.2 Å². The molecule has 1 N–H and O–H groups in total. The van der Waals surface area contributed by atoms with Crippen molar-refractivity contribution in [1.82, 2.24) is 4.90 Å². The first-order valence-corrected chi connectivity index (χ1v) is 17.1. The van der Waals surface area contributed by atoms with Crippen molar-refractivity contribution in [1.29, 1.82) is 0 Å². The fourth-order valence-electron chi connectivity index (χ4n) is 6.29. The number of benzene rings is 1. The molecule has 1 aromatic carbocycles.